The molecule has 2 aliphatic heterocycles. The zero-order valence-electron chi connectivity index (χ0n) is 19.7. The number of hydrogen-bond donors (Lipinski definition) is 0. The number of rotatable bonds is 3. The molecule has 0 spiro atoms. The van der Waals surface area contributed by atoms with E-state index in [1.807, 2.05) is 49.4 Å². The van der Waals surface area contributed by atoms with Gasteiger partial charge in [-0.1, -0.05) is 18.2 Å². The van der Waals surface area contributed by atoms with E-state index in [1.54, 1.807) is 21.9 Å². The van der Waals surface area contributed by atoms with Crippen molar-refractivity contribution in [1.82, 2.24) is 0 Å². The molecular formula is C26H27N3O5S. The number of sulfone groups is 1. The molecule has 2 aliphatic rings. The molecule has 1 atom stereocenters. The second-order valence-corrected chi connectivity index (χ2v) is 11.3. The van der Waals surface area contributed by atoms with E-state index >= 15 is 0 Å². The highest BCUT2D eigenvalue weighted by atomic mass is 32.2. The normalized spacial score (nSPS) is 19.4. The van der Waals surface area contributed by atoms with Crippen molar-refractivity contribution in [2.45, 2.75) is 19.9 Å². The molecule has 0 aliphatic carbocycles. The lowest BCUT2D eigenvalue weighted by Gasteiger charge is -2.40. The Bertz CT molecular complexity index is 1350. The van der Waals surface area contributed by atoms with Crippen molar-refractivity contribution in [2.75, 3.05) is 45.8 Å². The highest BCUT2D eigenvalue weighted by Gasteiger charge is 2.35. The minimum Gasteiger partial charge on any atom is -0.459 e. The third kappa shape index (κ3) is 4.43. The lowest BCUT2D eigenvalue weighted by atomic mass is 10.00. The fourth-order valence-corrected chi connectivity index (χ4v) is 6.05. The molecule has 0 radical (unpaired) electrons. The summed E-state index contributed by atoms with van der Waals surface area (Å²) in [6.45, 7) is 4.78. The Balaban J connectivity index is 1.48. The zero-order valence-corrected chi connectivity index (χ0v) is 20.5. The third-order valence-electron chi connectivity index (χ3n) is 6.64. The van der Waals surface area contributed by atoms with Gasteiger partial charge in [0.2, 0.25) is 5.91 Å². The van der Waals surface area contributed by atoms with Crippen molar-refractivity contribution in [3.8, 4) is 11.1 Å². The molecule has 2 aromatic carbocycles. The van der Waals surface area contributed by atoms with E-state index < -0.39 is 9.84 Å². The maximum absolute atomic E-state index is 13.2. The molecule has 3 heterocycles. The average Bonchev–Trinajstić information content (AvgIpc) is 3.38. The fraction of sp³-hybridized carbons (Fsp3) is 0.308. The SMILES string of the molecule is CC(=O)N1c2ccc(-c3ccc(N4CCS(=O)(=O)CC4)cc3)cc2N(C(=O)c2ccco2)CC1C. The van der Waals surface area contributed by atoms with Crippen LogP contribution in [0.3, 0.4) is 0 Å². The summed E-state index contributed by atoms with van der Waals surface area (Å²) < 4.78 is 28.8. The number of benzene rings is 2. The van der Waals surface area contributed by atoms with Crippen molar-refractivity contribution in [3.63, 3.8) is 0 Å². The van der Waals surface area contributed by atoms with E-state index in [9.17, 15) is 18.0 Å². The van der Waals surface area contributed by atoms with Gasteiger partial charge in [0.05, 0.1) is 35.2 Å². The molecule has 0 bridgehead atoms. The van der Waals surface area contributed by atoms with E-state index in [-0.39, 0.29) is 35.1 Å². The van der Waals surface area contributed by atoms with Crippen LogP contribution in [-0.2, 0) is 14.6 Å². The van der Waals surface area contributed by atoms with Gasteiger partial charge in [0.1, 0.15) is 0 Å². The standard InChI is InChI=1S/C26H27N3O5S/c1-18-17-28(26(31)25-4-3-13-34-25)24-16-21(7-10-23(24)29(18)19(2)30)20-5-8-22(9-6-20)27-11-14-35(32,33)15-12-27/h3-10,13,16,18H,11-12,14-15,17H2,1-2H3. The highest BCUT2D eigenvalue weighted by molar-refractivity contribution is 7.91. The van der Waals surface area contributed by atoms with Crippen LogP contribution in [0.5, 0.6) is 0 Å². The molecule has 182 valence electrons. The van der Waals surface area contributed by atoms with Crippen molar-refractivity contribution in [3.05, 3.63) is 66.6 Å². The summed E-state index contributed by atoms with van der Waals surface area (Å²) in [5, 5.41) is 0. The second kappa shape index (κ2) is 8.88. The van der Waals surface area contributed by atoms with Gasteiger partial charge in [0, 0.05) is 32.2 Å². The summed E-state index contributed by atoms with van der Waals surface area (Å²) in [6.07, 6.45) is 1.47. The van der Waals surface area contributed by atoms with Crippen LogP contribution in [0.4, 0.5) is 17.1 Å². The van der Waals surface area contributed by atoms with Crippen LogP contribution in [0.2, 0.25) is 0 Å². The molecule has 1 saturated heterocycles. The molecule has 1 aromatic heterocycles. The molecule has 5 rings (SSSR count). The number of anilines is 3. The van der Waals surface area contributed by atoms with Crippen LogP contribution >= 0.6 is 0 Å². The van der Waals surface area contributed by atoms with E-state index in [4.69, 9.17) is 4.42 Å². The smallest absolute Gasteiger partial charge is 0.294 e. The van der Waals surface area contributed by atoms with Crippen LogP contribution in [0, 0.1) is 0 Å². The van der Waals surface area contributed by atoms with Crippen molar-refractivity contribution in [2.24, 2.45) is 0 Å². The summed E-state index contributed by atoms with van der Waals surface area (Å²) in [4.78, 5) is 31.1. The predicted octanol–water partition coefficient (Wildman–Crippen LogP) is 3.58. The van der Waals surface area contributed by atoms with Gasteiger partial charge in [-0.2, -0.15) is 0 Å². The number of amides is 2. The fourth-order valence-electron chi connectivity index (χ4n) is 4.85. The second-order valence-electron chi connectivity index (χ2n) is 9.02. The molecular weight excluding hydrogens is 466 g/mol. The average molecular weight is 494 g/mol. The molecule has 2 amide bonds. The summed E-state index contributed by atoms with van der Waals surface area (Å²) in [6, 6.07) is 16.9. The Kier molecular flexibility index (Phi) is 5.88. The number of carbonyl (C=O) groups is 2. The lowest BCUT2D eigenvalue weighted by molar-refractivity contribution is -0.117. The molecule has 8 nitrogen and oxygen atoms in total. The first-order valence-corrected chi connectivity index (χ1v) is 13.4. The van der Waals surface area contributed by atoms with E-state index in [0.29, 0.717) is 31.0 Å². The first kappa shape index (κ1) is 23.2. The van der Waals surface area contributed by atoms with E-state index in [0.717, 1.165) is 16.8 Å². The Morgan fingerprint density at radius 1 is 0.943 bits per heavy atom. The van der Waals surface area contributed by atoms with Crippen molar-refractivity contribution in [1.29, 1.82) is 0 Å². The maximum atomic E-state index is 13.2. The number of hydrogen-bond acceptors (Lipinski definition) is 6. The summed E-state index contributed by atoms with van der Waals surface area (Å²) >= 11 is 0. The van der Waals surface area contributed by atoms with Gasteiger partial charge in [0.25, 0.3) is 5.91 Å². The molecule has 1 fully saturated rings. The van der Waals surface area contributed by atoms with Gasteiger partial charge in [-0.25, -0.2) is 8.42 Å². The number of carbonyl (C=O) groups excluding carboxylic acids is 2. The maximum Gasteiger partial charge on any atom is 0.294 e. The quantitative estimate of drug-likeness (QED) is 0.554. The van der Waals surface area contributed by atoms with Crippen molar-refractivity contribution >= 4 is 38.7 Å². The Hall–Kier alpha value is -3.59. The minimum absolute atomic E-state index is 0.0792. The van der Waals surface area contributed by atoms with Crippen LogP contribution in [0.15, 0.2) is 65.3 Å². The van der Waals surface area contributed by atoms with E-state index in [1.165, 1.54) is 13.2 Å². The molecule has 0 N–H and O–H groups in total. The van der Waals surface area contributed by atoms with Crippen LogP contribution < -0.4 is 14.7 Å². The summed E-state index contributed by atoms with van der Waals surface area (Å²) in [5.41, 5.74) is 4.19. The summed E-state index contributed by atoms with van der Waals surface area (Å²) in [7, 11) is -2.94. The Labute approximate surface area is 204 Å². The van der Waals surface area contributed by atoms with Crippen molar-refractivity contribution < 1.29 is 22.4 Å². The number of nitrogens with zero attached hydrogens (tertiary/aromatic N) is 3. The third-order valence-corrected chi connectivity index (χ3v) is 8.25. The topological polar surface area (TPSA) is 91.1 Å². The first-order chi connectivity index (χ1) is 16.7. The first-order valence-electron chi connectivity index (χ1n) is 11.6. The molecule has 9 heteroatoms. The Morgan fingerprint density at radius 3 is 2.26 bits per heavy atom. The minimum atomic E-state index is -2.94. The molecule has 35 heavy (non-hydrogen) atoms. The molecule has 0 saturated carbocycles. The largest absolute Gasteiger partial charge is 0.459 e. The van der Waals surface area contributed by atoms with Gasteiger partial charge >= 0.3 is 0 Å². The lowest BCUT2D eigenvalue weighted by Crippen LogP contribution is -2.51. The number of furan rings is 1. The summed E-state index contributed by atoms with van der Waals surface area (Å²) in [5.74, 6) is 0.259. The van der Waals surface area contributed by atoms with Gasteiger partial charge in [-0.3, -0.25) is 9.59 Å². The van der Waals surface area contributed by atoms with Crippen LogP contribution in [-0.4, -0.2) is 57.4 Å². The van der Waals surface area contributed by atoms with Gasteiger partial charge in [-0.05, 0) is 54.4 Å². The van der Waals surface area contributed by atoms with Crippen LogP contribution in [0.25, 0.3) is 11.1 Å². The number of fused-ring (bicyclic) bond motifs is 1. The Morgan fingerprint density at radius 2 is 1.63 bits per heavy atom. The predicted molar refractivity (Wildman–Crippen MR) is 136 cm³/mol. The van der Waals surface area contributed by atoms with E-state index in [2.05, 4.69) is 4.90 Å². The monoisotopic (exact) mass is 493 g/mol. The highest BCUT2D eigenvalue weighted by Crippen LogP contribution is 2.39. The van der Waals surface area contributed by atoms with Gasteiger partial charge in [-0.15, -0.1) is 0 Å². The molecule has 1 unspecified atom stereocenters. The molecule has 3 aromatic rings. The van der Waals surface area contributed by atoms with Gasteiger partial charge < -0.3 is 19.1 Å². The zero-order chi connectivity index (χ0) is 24.7. The van der Waals surface area contributed by atoms with Crippen LogP contribution in [0.1, 0.15) is 24.4 Å². The van der Waals surface area contributed by atoms with Gasteiger partial charge in [0.15, 0.2) is 15.6 Å².